The molecule has 2 heterocycles. The van der Waals surface area contributed by atoms with Crippen molar-refractivity contribution in [2.24, 2.45) is 4.99 Å². The molecule has 0 radical (unpaired) electrons. The fourth-order valence-corrected chi connectivity index (χ4v) is 2.37. The lowest BCUT2D eigenvalue weighted by Crippen LogP contribution is -1.94. The van der Waals surface area contributed by atoms with Gasteiger partial charge in [-0.25, -0.2) is 4.99 Å². The summed E-state index contributed by atoms with van der Waals surface area (Å²) in [6, 6.07) is 9.94. The lowest BCUT2D eigenvalue weighted by atomic mass is 10.1. The highest BCUT2D eigenvalue weighted by Crippen LogP contribution is 2.41. The van der Waals surface area contributed by atoms with Crippen LogP contribution in [0.4, 0.5) is 5.00 Å². The summed E-state index contributed by atoms with van der Waals surface area (Å²) in [5.74, 6) is 1.74. The molecular weight excluding hydrogens is 206 g/mol. The Bertz CT molecular complexity index is 542. The maximum atomic E-state index is 5.81. The predicted octanol–water partition coefficient (Wildman–Crippen LogP) is 3.99. The Morgan fingerprint density at radius 2 is 2.00 bits per heavy atom. The van der Waals surface area contributed by atoms with Crippen molar-refractivity contribution in [3.05, 3.63) is 41.3 Å². The number of para-hydroxylation sites is 1. The van der Waals surface area contributed by atoms with Crippen molar-refractivity contribution < 1.29 is 4.74 Å². The molecule has 0 N–H and O–H groups in total. The number of thiophene rings is 1. The van der Waals surface area contributed by atoms with Gasteiger partial charge in [0, 0.05) is 5.56 Å². The van der Waals surface area contributed by atoms with E-state index in [-0.39, 0.29) is 0 Å². The van der Waals surface area contributed by atoms with E-state index < -0.39 is 0 Å². The summed E-state index contributed by atoms with van der Waals surface area (Å²) in [6.45, 7) is 2.01. The normalized spacial score (nSPS) is 13.3. The van der Waals surface area contributed by atoms with Gasteiger partial charge in [0.15, 0.2) is 10.8 Å². The Kier molecular flexibility index (Phi) is 1.86. The maximum Gasteiger partial charge on any atom is 0.164 e. The smallest absolute Gasteiger partial charge is 0.164 e. The third-order valence-corrected chi connectivity index (χ3v) is 3.16. The summed E-state index contributed by atoms with van der Waals surface area (Å²) in [6.07, 6.45) is 0. The summed E-state index contributed by atoms with van der Waals surface area (Å²) in [4.78, 5) is 4.55. The van der Waals surface area contributed by atoms with Gasteiger partial charge in [-0.2, -0.15) is 0 Å². The molecule has 0 saturated heterocycles. The monoisotopic (exact) mass is 215 g/mol. The molecule has 0 spiro atoms. The topological polar surface area (TPSA) is 21.6 Å². The Balaban J connectivity index is 2.26. The van der Waals surface area contributed by atoms with E-state index >= 15 is 0 Å². The number of aliphatic imine (C=N–C) groups is 1. The van der Waals surface area contributed by atoms with Crippen molar-refractivity contribution in [3.63, 3.8) is 0 Å². The van der Waals surface area contributed by atoms with Gasteiger partial charge in [-0.1, -0.05) is 12.1 Å². The predicted molar refractivity (Wildman–Crippen MR) is 62.7 cm³/mol. The fourth-order valence-electron chi connectivity index (χ4n) is 1.63. The average molecular weight is 215 g/mol. The molecule has 3 rings (SSSR count). The van der Waals surface area contributed by atoms with E-state index in [0.717, 1.165) is 27.8 Å². The maximum absolute atomic E-state index is 5.81. The van der Waals surface area contributed by atoms with E-state index in [9.17, 15) is 0 Å². The lowest BCUT2D eigenvalue weighted by molar-refractivity contribution is 0.487. The molecule has 2 nitrogen and oxygen atoms in total. The first-order valence-electron chi connectivity index (χ1n) is 4.74. The van der Waals surface area contributed by atoms with E-state index in [1.165, 1.54) is 0 Å². The second kappa shape index (κ2) is 3.21. The Morgan fingerprint density at radius 1 is 1.13 bits per heavy atom. The Hall–Kier alpha value is -1.61. The van der Waals surface area contributed by atoms with E-state index in [1.807, 2.05) is 42.6 Å². The van der Waals surface area contributed by atoms with Gasteiger partial charge in [0.2, 0.25) is 0 Å². The Morgan fingerprint density at radius 3 is 2.93 bits per heavy atom. The van der Waals surface area contributed by atoms with Crippen LogP contribution in [0.2, 0.25) is 0 Å². The van der Waals surface area contributed by atoms with Gasteiger partial charge in [-0.3, -0.25) is 0 Å². The molecule has 0 saturated carbocycles. The van der Waals surface area contributed by atoms with E-state index in [4.69, 9.17) is 4.74 Å². The van der Waals surface area contributed by atoms with Crippen molar-refractivity contribution in [2.45, 2.75) is 6.92 Å². The van der Waals surface area contributed by atoms with Crippen LogP contribution in [-0.4, -0.2) is 5.71 Å². The van der Waals surface area contributed by atoms with Crippen LogP contribution in [0, 0.1) is 0 Å². The van der Waals surface area contributed by atoms with Crippen LogP contribution in [0.5, 0.6) is 11.5 Å². The summed E-state index contributed by atoms with van der Waals surface area (Å²) in [5, 5.41) is 2.94. The molecule has 2 aromatic rings. The van der Waals surface area contributed by atoms with Gasteiger partial charge in [-0.05, 0) is 30.5 Å². The standard InChI is InChI=1S/C12H9NOS/c1-8-9-4-2-3-5-10(9)14-11-6-7-15-12(11)13-8/h2-7H,1H3. The van der Waals surface area contributed by atoms with Gasteiger partial charge < -0.3 is 4.74 Å². The molecule has 1 aromatic heterocycles. The number of benzene rings is 1. The van der Waals surface area contributed by atoms with Gasteiger partial charge >= 0.3 is 0 Å². The van der Waals surface area contributed by atoms with Crippen LogP contribution in [-0.2, 0) is 0 Å². The molecule has 0 amide bonds. The van der Waals surface area contributed by atoms with E-state index in [0.29, 0.717) is 0 Å². The molecule has 0 fully saturated rings. The molecule has 15 heavy (non-hydrogen) atoms. The summed E-state index contributed by atoms with van der Waals surface area (Å²) in [5.41, 5.74) is 2.08. The first kappa shape index (κ1) is 8.68. The zero-order chi connectivity index (χ0) is 10.3. The largest absolute Gasteiger partial charge is 0.453 e. The highest BCUT2D eigenvalue weighted by atomic mass is 32.1. The van der Waals surface area contributed by atoms with Crippen LogP contribution >= 0.6 is 11.3 Å². The molecule has 0 unspecified atom stereocenters. The highest BCUT2D eigenvalue weighted by molar-refractivity contribution is 7.14. The summed E-state index contributed by atoms with van der Waals surface area (Å²) < 4.78 is 5.81. The minimum absolute atomic E-state index is 0.851. The number of ether oxygens (including phenoxy) is 1. The van der Waals surface area contributed by atoms with E-state index in [1.54, 1.807) is 11.3 Å². The van der Waals surface area contributed by atoms with Crippen molar-refractivity contribution in [1.82, 2.24) is 0 Å². The number of fused-ring (bicyclic) bond motifs is 2. The highest BCUT2D eigenvalue weighted by Gasteiger charge is 2.15. The number of nitrogens with zero attached hydrogens (tertiary/aromatic N) is 1. The van der Waals surface area contributed by atoms with Crippen molar-refractivity contribution in [1.29, 1.82) is 0 Å². The third-order valence-electron chi connectivity index (χ3n) is 2.38. The van der Waals surface area contributed by atoms with Gasteiger partial charge in [0.05, 0.1) is 5.71 Å². The quantitative estimate of drug-likeness (QED) is 0.651. The van der Waals surface area contributed by atoms with Crippen LogP contribution in [0.25, 0.3) is 0 Å². The molecule has 0 atom stereocenters. The minimum Gasteiger partial charge on any atom is -0.453 e. The zero-order valence-corrected chi connectivity index (χ0v) is 9.04. The number of rotatable bonds is 0. The van der Waals surface area contributed by atoms with Crippen LogP contribution < -0.4 is 4.74 Å². The van der Waals surface area contributed by atoms with Crippen LogP contribution in [0.3, 0.4) is 0 Å². The van der Waals surface area contributed by atoms with Gasteiger partial charge in [-0.15, -0.1) is 11.3 Å². The van der Waals surface area contributed by atoms with Crippen LogP contribution in [0.1, 0.15) is 12.5 Å². The summed E-state index contributed by atoms with van der Waals surface area (Å²) >= 11 is 1.60. The molecular formula is C12H9NOS. The van der Waals surface area contributed by atoms with Crippen molar-refractivity contribution in [2.75, 3.05) is 0 Å². The molecule has 1 aromatic carbocycles. The first-order chi connectivity index (χ1) is 7.34. The second-order valence-electron chi connectivity index (χ2n) is 3.39. The van der Waals surface area contributed by atoms with Crippen molar-refractivity contribution >= 4 is 22.0 Å². The first-order valence-corrected chi connectivity index (χ1v) is 5.62. The minimum atomic E-state index is 0.851. The average Bonchev–Trinajstić information content (AvgIpc) is 2.61. The van der Waals surface area contributed by atoms with Crippen LogP contribution in [0.15, 0.2) is 40.7 Å². The molecule has 3 heteroatoms. The number of hydrogen-bond donors (Lipinski definition) is 0. The molecule has 1 aliphatic heterocycles. The Labute approximate surface area is 91.9 Å². The van der Waals surface area contributed by atoms with E-state index in [2.05, 4.69) is 4.99 Å². The zero-order valence-electron chi connectivity index (χ0n) is 8.23. The number of hydrogen-bond acceptors (Lipinski definition) is 3. The third kappa shape index (κ3) is 1.36. The van der Waals surface area contributed by atoms with Crippen molar-refractivity contribution in [3.8, 4) is 11.5 Å². The summed E-state index contributed by atoms with van der Waals surface area (Å²) in [7, 11) is 0. The SMILES string of the molecule is CC1=Nc2sccc2Oc2ccccc21. The fraction of sp³-hybridized carbons (Fsp3) is 0.0833. The molecule has 74 valence electrons. The lowest BCUT2D eigenvalue weighted by Gasteiger charge is -2.05. The molecule has 0 aliphatic carbocycles. The van der Waals surface area contributed by atoms with Gasteiger partial charge in [0.1, 0.15) is 5.75 Å². The van der Waals surface area contributed by atoms with Gasteiger partial charge in [0.25, 0.3) is 0 Å². The molecule has 0 bridgehead atoms. The second-order valence-corrected chi connectivity index (χ2v) is 4.28. The molecule has 1 aliphatic rings.